The van der Waals surface area contributed by atoms with Gasteiger partial charge >= 0.3 is 37.4 Å². The molecule has 0 fully saturated rings. The van der Waals surface area contributed by atoms with Crippen LogP contribution >= 0.6 is 7.82 Å². The molecule has 1 unspecified atom stereocenters. The van der Waals surface area contributed by atoms with Crippen LogP contribution in [0.15, 0.2) is 109 Å². The molecule has 0 aliphatic heterocycles. The van der Waals surface area contributed by atoms with Gasteiger partial charge in [-0.05, 0) is 52.9 Å². The van der Waals surface area contributed by atoms with E-state index in [2.05, 4.69) is 38.1 Å². The van der Waals surface area contributed by atoms with Crippen molar-refractivity contribution in [2.45, 2.75) is 25.7 Å². The Hall–Kier alpha value is -2.33. The summed E-state index contributed by atoms with van der Waals surface area (Å²) in [7, 11) is -4.58. The van der Waals surface area contributed by atoms with Crippen molar-refractivity contribution in [3.8, 4) is 11.5 Å². The molecule has 0 amide bonds. The van der Waals surface area contributed by atoms with Gasteiger partial charge in [-0.15, -0.1) is 0 Å². The molecule has 4 rings (SSSR count). The number of hydrogen-bond donors (Lipinski definition) is 0. The van der Waals surface area contributed by atoms with Gasteiger partial charge in [-0.1, -0.05) is 98.8 Å². The predicted molar refractivity (Wildman–Crippen MR) is 130 cm³/mol. The van der Waals surface area contributed by atoms with E-state index in [1.165, 1.54) is 11.1 Å². The summed E-state index contributed by atoms with van der Waals surface area (Å²) < 4.78 is 22.8. The molecular formula is C28H26NaO4P. The molecule has 0 saturated heterocycles. The van der Waals surface area contributed by atoms with Gasteiger partial charge in [0.2, 0.25) is 0 Å². The predicted octanol–water partition coefficient (Wildman–Crippen LogP) is 3.53. The molecule has 1 atom stereocenters. The molecule has 6 heteroatoms. The maximum absolute atomic E-state index is 12.4. The van der Waals surface area contributed by atoms with E-state index >= 15 is 0 Å². The van der Waals surface area contributed by atoms with Crippen LogP contribution in [-0.2, 0) is 16.4 Å². The van der Waals surface area contributed by atoms with Crippen molar-refractivity contribution >= 4 is 7.82 Å². The van der Waals surface area contributed by atoms with Crippen LogP contribution in [0.1, 0.15) is 36.1 Å². The largest absolute Gasteiger partial charge is 1.00 e. The maximum atomic E-state index is 12.4. The minimum absolute atomic E-state index is 0. The minimum atomic E-state index is -4.58. The zero-order chi connectivity index (χ0) is 23.3. The van der Waals surface area contributed by atoms with E-state index in [4.69, 9.17) is 9.05 Å². The van der Waals surface area contributed by atoms with Gasteiger partial charge in [-0.3, -0.25) is 0 Å². The van der Waals surface area contributed by atoms with Crippen LogP contribution in [0.3, 0.4) is 0 Å². The van der Waals surface area contributed by atoms with Crippen molar-refractivity contribution in [1.82, 2.24) is 0 Å². The van der Waals surface area contributed by atoms with Gasteiger partial charge in [0, 0.05) is 5.41 Å². The number of rotatable bonds is 8. The van der Waals surface area contributed by atoms with E-state index in [0.29, 0.717) is 0 Å². The van der Waals surface area contributed by atoms with Gasteiger partial charge in [0.15, 0.2) is 0 Å². The molecule has 0 saturated carbocycles. The molecule has 0 aliphatic rings. The monoisotopic (exact) mass is 480 g/mol. The van der Waals surface area contributed by atoms with E-state index in [9.17, 15) is 9.46 Å². The average molecular weight is 480 g/mol. The molecule has 168 valence electrons. The second kappa shape index (κ2) is 11.4. The van der Waals surface area contributed by atoms with Crippen LogP contribution in [0.2, 0.25) is 0 Å². The zero-order valence-electron chi connectivity index (χ0n) is 19.7. The summed E-state index contributed by atoms with van der Waals surface area (Å²) in [4.78, 5) is 12.4. The molecule has 4 aromatic carbocycles. The van der Waals surface area contributed by atoms with Crippen LogP contribution in [0.25, 0.3) is 0 Å². The van der Waals surface area contributed by atoms with Gasteiger partial charge in [-0.2, -0.15) is 0 Å². The molecule has 0 aromatic heterocycles. The Morgan fingerprint density at radius 1 is 0.647 bits per heavy atom. The van der Waals surface area contributed by atoms with Crippen LogP contribution in [-0.4, -0.2) is 0 Å². The number of hydrogen-bond acceptors (Lipinski definition) is 4. The van der Waals surface area contributed by atoms with Crippen molar-refractivity contribution in [1.29, 1.82) is 0 Å². The van der Waals surface area contributed by atoms with Gasteiger partial charge in [0.25, 0.3) is 0 Å². The summed E-state index contributed by atoms with van der Waals surface area (Å²) in [6.07, 6.45) is 0.762. The fraction of sp³-hybridized carbons (Fsp3) is 0.143. The third-order valence-electron chi connectivity index (χ3n) is 5.68. The van der Waals surface area contributed by atoms with E-state index in [1.807, 2.05) is 60.7 Å². The number of phosphoric ester groups is 1. The van der Waals surface area contributed by atoms with Gasteiger partial charge in [0.05, 0.1) is 0 Å². The van der Waals surface area contributed by atoms with Crippen molar-refractivity contribution in [3.05, 3.63) is 131 Å². The Balaban J connectivity index is 0.00000324. The molecule has 0 radical (unpaired) electrons. The molecule has 0 heterocycles. The second-order valence-corrected chi connectivity index (χ2v) is 9.71. The van der Waals surface area contributed by atoms with Gasteiger partial charge in [0.1, 0.15) is 11.5 Å². The summed E-state index contributed by atoms with van der Waals surface area (Å²) in [5.41, 5.74) is 4.25. The van der Waals surface area contributed by atoms with E-state index < -0.39 is 7.82 Å². The van der Waals surface area contributed by atoms with Gasteiger partial charge < -0.3 is 13.9 Å². The first kappa shape index (κ1) is 26.3. The summed E-state index contributed by atoms with van der Waals surface area (Å²) in [6, 6.07) is 34.2. The average Bonchev–Trinajstić information content (AvgIpc) is 2.81. The van der Waals surface area contributed by atoms with Gasteiger partial charge in [-0.25, -0.2) is 4.57 Å². The molecule has 4 aromatic rings. The Morgan fingerprint density at radius 3 is 1.59 bits per heavy atom. The molecular weight excluding hydrogens is 454 g/mol. The van der Waals surface area contributed by atoms with E-state index in [0.717, 1.165) is 17.5 Å². The first-order valence-electron chi connectivity index (χ1n) is 10.8. The number of benzene rings is 4. The summed E-state index contributed by atoms with van der Waals surface area (Å²) in [5.74, 6) is 0.425. The third kappa shape index (κ3) is 6.85. The Kier molecular flexibility index (Phi) is 8.81. The fourth-order valence-electron chi connectivity index (χ4n) is 3.73. The first-order valence-corrected chi connectivity index (χ1v) is 12.3. The molecule has 0 bridgehead atoms. The fourth-order valence-corrected chi connectivity index (χ4v) is 4.53. The summed E-state index contributed by atoms with van der Waals surface area (Å²) in [5, 5.41) is 0. The summed E-state index contributed by atoms with van der Waals surface area (Å²) >= 11 is 0. The minimum Gasteiger partial charge on any atom is -0.736 e. The Morgan fingerprint density at radius 2 is 1.06 bits per heavy atom. The second-order valence-electron chi connectivity index (χ2n) is 8.45. The smallest absolute Gasteiger partial charge is 0.736 e. The molecule has 34 heavy (non-hydrogen) atoms. The van der Waals surface area contributed by atoms with Crippen molar-refractivity contribution in [2.75, 3.05) is 0 Å². The van der Waals surface area contributed by atoms with Crippen LogP contribution in [0, 0.1) is 0 Å². The SMILES string of the molecule is CC(C)(c1ccccc1)c1ccc(OP(=O)([O-])Oc2ccc(Cc3ccccc3)cc2)cc1.[Na+]. The quantitative estimate of drug-likeness (QED) is 0.286. The molecule has 0 spiro atoms. The number of phosphoric acid groups is 1. The third-order valence-corrected chi connectivity index (χ3v) is 6.55. The first-order chi connectivity index (χ1) is 15.8. The van der Waals surface area contributed by atoms with Crippen molar-refractivity contribution in [3.63, 3.8) is 0 Å². The maximum Gasteiger partial charge on any atom is 1.00 e. The van der Waals surface area contributed by atoms with E-state index in [-0.39, 0.29) is 46.5 Å². The molecule has 4 nitrogen and oxygen atoms in total. The van der Waals surface area contributed by atoms with Crippen molar-refractivity contribution in [2.24, 2.45) is 0 Å². The summed E-state index contributed by atoms with van der Waals surface area (Å²) in [6.45, 7) is 4.25. The van der Waals surface area contributed by atoms with Crippen LogP contribution < -0.4 is 43.5 Å². The van der Waals surface area contributed by atoms with Crippen LogP contribution in [0.5, 0.6) is 11.5 Å². The molecule has 0 aliphatic carbocycles. The van der Waals surface area contributed by atoms with Crippen LogP contribution in [0.4, 0.5) is 0 Å². The van der Waals surface area contributed by atoms with E-state index in [1.54, 1.807) is 24.3 Å². The standard InChI is InChI=1S/C28H27O4P.Na/c1-28(2,24-11-7-4-8-12-24)25-15-19-27(20-16-25)32-33(29,30)31-26-17-13-23(14-18-26)21-22-9-5-3-6-10-22;/h3-20H,21H2,1-2H3,(H,29,30);/q;+1/p-1. The normalized spacial score (nSPS) is 12.8. The topological polar surface area (TPSA) is 58.6 Å². The molecule has 0 N–H and O–H groups in total. The zero-order valence-corrected chi connectivity index (χ0v) is 22.6. The van der Waals surface area contributed by atoms with Crippen molar-refractivity contribution < 1.29 is 48.1 Å². The Labute approximate surface area is 223 Å². The Bertz CT molecular complexity index is 1230.